The molecule has 0 radical (unpaired) electrons. The molecule has 214 valence electrons. The van der Waals surface area contributed by atoms with Crippen molar-refractivity contribution in [1.29, 1.82) is 0 Å². The Balaban J connectivity index is 1.38. The van der Waals surface area contributed by atoms with Crippen LogP contribution in [0.5, 0.6) is 0 Å². The van der Waals surface area contributed by atoms with Crippen molar-refractivity contribution in [2.75, 3.05) is 0 Å². The Labute approximate surface area is 260 Å². The number of benzene rings is 6. The minimum atomic E-state index is 0.383. The molecule has 8 aromatic rings. The molecule has 0 saturated carbocycles. The van der Waals surface area contributed by atoms with Crippen LogP contribution in [0.15, 0.2) is 167 Å². The summed E-state index contributed by atoms with van der Waals surface area (Å²) < 4.78 is 4.69. The lowest BCUT2D eigenvalue weighted by atomic mass is 10.1. The molecule has 2 aromatic heterocycles. The average Bonchev–Trinajstić information content (AvgIpc) is 3.62. The summed E-state index contributed by atoms with van der Waals surface area (Å²) in [5.74, 6) is 1.14. The van der Waals surface area contributed by atoms with Crippen LogP contribution in [0.25, 0.3) is 49.3 Å². The molecule has 0 N–H and O–H groups in total. The number of fused-ring (bicyclic) bond motifs is 7. The van der Waals surface area contributed by atoms with Crippen molar-refractivity contribution < 1.29 is 0 Å². The van der Waals surface area contributed by atoms with Gasteiger partial charge in [0.25, 0.3) is 0 Å². The topological polar surface area (TPSA) is 46.9 Å². The van der Waals surface area contributed by atoms with Gasteiger partial charge in [0.1, 0.15) is 6.67 Å². The molecule has 0 aliphatic rings. The fourth-order valence-corrected chi connectivity index (χ4v) is 6.38. The molecule has 0 saturated heterocycles. The van der Waals surface area contributed by atoms with E-state index in [1.165, 1.54) is 32.6 Å². The van der Waals surface area contributed by atoms with E-state index >= 15 is 0 Å². The summed E-state index contributed by atoms with van der Waals surface area (Å²) in [6, 6.07) is 52.3. The van der Waals surface area contributed by atoms with Gasteiger partial charge in [-0.3, -0.25) is 0 Å². The van der Waals surface area contributed by atoms with Gasteiger partial charge in [-0.05, 0) is 37.0 Å². The van der Waals surface area contributed by atoms with E-state index < -0.39 is 0 Å². The molecule has 0 fully saturated rings. The highest BCUT2D eigenvalue weighted by Gasteiger charge is 2.20. The first kappa shape index (κ1) is 26.5. The summed E-state index contributed by atoms with van der Waals surface area (Å²) in [7, 11) is 0. The maximum absolute atomic E-state index is 5.15. The maximum Gasteiger partial charge on any atom is 0.161 e. The molecular weight excluding hydrogens is 550 g/mol. The number of nitrogens with zero attached hydrogens (tertiary/aromatic N) is 5. The van der Waals surface area contributed by atoms with Crippen LogP contribution in [-0.2, 0) is 6.67 Å². The van der Waals surface area contributed by atoms with Gasteiger partial charge in [-0.1, -0.05) is 121 Å². The zero-order chi connectivity index (χ0) is 30.2. The Morgan fingerprint density at radius 1 is 0.511 bits per heavy atom. The minimum absolute atomic E-state index is 0.383. The lowest BCUT2D eigenvalue weighted by Crippen LogP contribution is -2.07. The van der Waals surface area contributed by atoms with Crippen LogP contribution in [0.3, 0.4) is 0 Å². The highest BCUT2D eigenvalue weighted by atomic mass is 15.1. The number of rotatable bonds is 5. The van der Waals surface area contributed by atoms with Crippen LogP contribution < -0.4 is 0 Å². The third kappa shape index (κ3) is 4.53. The SMILES string of the molecule is C=N/C(=N\C(=N/Cn1c2ccccc2c2c1ccc1c3ccccc3n(-c3ccccc3)c12)c1ccccc1)c1ccccc1. The van der Waals surface area contributed by atoms with Gasteiger partial charge in [-0.25, -0.2) is 15.0 Å². The molecule has 0 aliphatic carbocycles. The fraction of sp³-hybridized carbons (Fsp3) is 0.0250. The van der Waals surface area contributed by atoms with Gasteiger partial charge in [0, 0.05) is 38.4 Å². The minimum Gasteiger partial charge on any atom is -0.320 e. The molecule has 6 aromatic carbocycles. The first-order valence-electron chi connectivity index (χ1n) is 15.0. The summed E-state index contributed by atoms with van der Waals surface area (Å²) in [6.07, 6.45) is 0. The van der Waals surface area contributed by atoms with Gasteiger partial charge in [0.15, 0.2) is 11.7 Å². The molecule has 0 amide bonds. The second-order valence-corrected chi connectivity index (χ2v) is 10.9. The second-order valence-electron chi connectivity index (χ2n) is 10.9. The molecule has 0 atom stereocenters. The van der Waals surface area contributed by atoms with E-state index in [0.717, 1.165) is 27.8 Å². The van der Waals surface area contributed by atoms with Crippen LogP contribution in [0.1, 0.15) is 11.1 Å². The standard InChI is InChI=1S/C40H29N5/c1-41-39(28-15-5-2-6-16-28)43-40(29-17-7-3-8-18-29)42-27-44-34-23-13-12-22-33(34)37-36(44)26-25-32-31-21-11-14-24-35(31)45(38(32)37)30-19-9-4-10-20-30/h2-26H,1,27H2/b42-40-,43-39-. The van der Waals surface area contributed by atoms with Gasteiger partial charge in [-0.2, -0.15) is 0 Å². The van der Waals surface area contributed by atoms with Crippen LogP contribution in [0.4, 0.5) is 0 Å². The van der Waals surface area contributed by atoms with Crippen molar-refractivity contribution in [2.45, 2.75) is 6.67 Å². The predicted octanol–water partition coefficient (Wildman–Crippen LogP) is 9.44. The Hall–Kier alpha value is -6.07. The summed E-state index contributed by atoms with van der Waals surface area (Å²) in [4.78, 5) is 14.4. The third-order valence-electron chi connectivity index (χ3n) is 8.37. The van der Waals surface area contributed by atoms with E-state index in [2.05, 4.69) is 112 Å². The Morgan fingerprint density at radius 3 is 1.78 bits per heavy atom. The van der Waals surface area contributed by atoms with Crippen LogP contribution in [0, 0.1) is 0 Å². The summed E-state index contributed by atoms with van der Waals surface area (Å²) >= 11 is 0. The zero-order valence-electron chi connectivity index (χ0n) is 24.6. The van der Waals surface area contributed by atoms with Crippen molar-refractivity contribution in [1.82, 2.24) is 9.13 Å². The molecule has 0 bridgehead atoms. The molecule has 2 heterocycles. The van der Waals surface area contributed by atoms with Crippen molar-refractivity contribution in [3.63, 3.8) is 0 Å². The number of hydrogen-bond acceptors (Lipinski definition) is 1. The number of amidine groups is 2. The number of para-hydroxylation sites is 3. The Kier molecular flexibility index (Phi) is 6.61. The van der Waals surface area contributed by atoms with Crippen LogP contribution >= 0.6 is 0 Å². The molecule has 8 rings (SSSR count). The van der Waals surface area contributed by atoms with E-state index in [4.69, 9.17) is 9.98 Å². The quantitative estimate of drug-likeness (QED) is 0.144. The maximum atomic E-state index is 5.15. The van der Waals surface area contributed by atoms with Crippen LogP contribution in [0.2, 0.25) is 0 Å². The predicted molar refractivity (Wildman–Crippen MR) is 189 cm³/mol. The highest BCUT2D eigenvalue weighted by Crippen LogP contribution is 2.40. The zero-order valence-corrected chi connectivity index (χ0v) is 24.6. The fourth-order valence-electron chi connectivity index (χ4n) is 6.38. The summed E-state index contributed by atoms with van der Waals surface area (Å²) in [6.45, 7) is 4.20. The lowest BCUT2D eigenvalue weighted by Gasteiger charge is -2.09. The van der Waals surface area contributed by atoms with Gasteiger partial charge in [0.05, 0.1) is 22.1 Å². The van der Waals surface area contributed by atoms with Gasteiger partial charge in [-0.15, -0.1) is 0 Å². The molecule has 0 unspecified atom stereocenters. The molecular formula is C40H29N5. The number of hydrogen-bond donors (Lipinski definition) is 0. The normalized spacial score (nSPS) is 12.4. The molecule has 45 heavy (non-hydrogen) atoms. The Morgan fingerprint density at radius 2 is 1.09 bits per heavy atom. The highest BCUT2D eigenvalue weighted by molar-refractivity contribution is 6.25. The number of aromatic nitrogens is 2. The molecule has 5 nitrogen and oxygen atoms in total. The van der Waals surface area contributed by atoms with E-state index in [-0.39, 0.29) is 0 Å². The first-order valence-corrected chi connectivity index (χ1v) is 15.0. The average molecular weight is 580 g/mol. The first-order chi connectivity index (χ1) is 22.3. The van der Waals surface area contributed by atoms with Crippen molar-refractivity contribution in [3.8, 4) is 5.69 Å². The third-order valence-corrected chi connectivity index (χ3v) is 8.37. The lowest BCUT2D eigenvalue weighted by molar-refractivity contribution is 0.791. The van der Waals surface area contributed by atoms with Gasteiger partial charge in [0.2, 0.25) is 0 Å². The van der Waals surface area contributed by atoms with Crippen molar-refractivity contribution in [3.05, 3.63) is 163 Å². The van der Waals surface area contributed by atoms with Crippen molar-refractivity contribution in [2.24, 2.45) is 15.0 Å². The molecule has 0 aliphatic heterocycles. The van der Waals surface area contributed by atoms with Gasteiger partial charge < -0.3 is 9.13 Å². The summed E-state index contributed by atoms with van der Waals surface area (Å²) in [5, 5.41) is 4.86. The second kappa shape index (κ2) is 11.2. The van der Waals surface area contributed by atoms with E-state index in [1.807, 2.05) is 60.7 Å². The van der Waals surface area contributed by atoms with Crippen LogP contribution in [-0.4, -0.2) is 27.5 Å². The van der Waals surface area contributed by atoms with Gasteiger partial charge >= 0.3 is 0 Å². The van der Waals surface area contributed by atoms with E-state index in [0.29, 0.717) is 18.3 Å². The largest absolute Gasteiger partial charge is 0.320 e. The monoisotopic (exact) mass is 579 g/mol. The molecule has 0 spiro atoms. The summed E-state index contributed by atoms with van der Waals surface area (Å²) in [5.41, 5.74) is 7.57. The molecule has 5 heteroatoms. The van der Waals surface area contributed by atoms with E-state index in [9.17, 15) is 0 Å². The Bertz CT molecular complexity index is 2400. The van der Waals surface area contributed by atoms with E-state index in [1.54, 1.807) is 0 Å². The smallest absolute Gasteiger partial charge is 0.161 e. The number of aliphatic imine (C=N–C) groups is 3. The van der Waals surface area contributed by atoms with Crippen molar-refractivity contribution >= 4 is 62.0 Å².